The molecule has 3 amide bonds. The second kappa shape index (κ2) is 13.6. The van der Waals surface area contributed by atoms with Gasteiger partial charge in [0.15, 0.2) is 0 Å². The fourth-order valence-corrected chi connectivity index (χ4v) is 4.86. The van der Waals surface area contributed by atoms with Gasteiger partial charge in [0.25, 0.3) is 5.91 Å². The van der Waals surface area contributed by atoms with Crippen molar-refractivity contribution in [1.82, 2.24) is 9.80 Å². The zero-order chi connectivity index (χ0) is 28.7. The molecular weight excluding hydrogens is 538 g/mol. The summed E-state index contributed by atoms with van der Waals surface area (Å²) in [5.41, 5.74) is 8.13. The average Bonchev–Trinajstić information content (AvgIpc) is 3.06. The maximum absolute atomic E-state index is 14.1. The molecule has 0 spiro atoms. The van der Waals surface area contributed by atoms with Crippen LogP contribution >= 0.6 is 24.4 Å². The van der Waals surface area contributed by atoms with Crippen LogP contribution in [0.15, 0.2) is 59.6 Å². The number of benzene rings is 2. The Bertz CT molecular complexity index is 1240. The van der Waals surface area contributed by atoms with E-state index >= 15 is 0 Å². The number of thioether (sulfide) groups is 1. The summed E-state index contributed by atoms with van der Waals surface area (Å²) >= 11 is 5.59. The molecule has 0 aromatic heterocycles. The van der Waals surface area contributed by atoms with Crippen molar-refractivity contribution in [3.63, 3.8) is 0 Å². The molecule has 1 aliphatic heterocycles. The maximum Gasteiger partial charge on any atom is 0.326 e. The van der Waals surface area contributed by atoms with Crippen LogP contribution in [0, 0.1) is 0 Å². The molecule has 0 radical (unpaired) electrons. The lowest BCUT2D eigenvalue weighted by Crippen LogP contribution is -2.55. The quantitative estimate of drug-likeness (QED) is 0.348. The zero-order valence-electron chi connectivity index (χ0n) is 22.1. The van der Waals surface area contributed by atoms with Gasteiger partial charge in [-0.3, -0.25) is 19.3 Å². The van der Waals surface area contributed by atoms with Crippen LogP contribution in [-0.2, 0) is 19.2 Å². The highest BCUT2D eigenvalue weighted by molar-refractivity contribution is 7.98. The molecule has 0 fully saturated rings. The Balaban J connectivity index is 2.10. The molecule has 0 bridgehead atoms. The molecule has 2 aromatic carbocycles. The number of carbonyl (C=O) groups excluding carboxylic acids is 3. The lowest BCUT2D eigenvalue weighted by molar-refractivity contribution is -0.148. The van der Waals surface area contributed by atoms with E-state index in [1.165, 1.54) is 30.8 Å². The van der Waals surface area contributed by atoms with Gasteiger partial charge in [-0.2, -0.15) is 24.4 Å². The number of benzodiazepines with no additional fused rings is 1. The smallest absolute Gasteiger partial charge is 0.326 e. The number of carbonyl (C=O) groups is 4. The topological polar surface area (TPSA) is 137 Å². The minimum Gasteiger partial charge on any atom is -0.480 e. The zero-order valence-corrected chi connectivity index (χ0v) is 23.8. The summed E-state index contributed by atoms with van der Waals surface area (Å²) < 4.78 is 0. The van der Waals surface area contributed by atoms with Gasteiger partial charge < -0.3 is 20.6 Å². The van der Waals surface area contributed by atoms with Crippen molar-refractivity contribution in [2.45, 2.75) is 24.7 Å². The van der Waals surface area contributed by atoms with Crippen molar-refractivity contribution in [3.05, 3.63) is 65.7 Å². The third kappa shape index (κ3) is 6.81. The summed E-state index contributed by atoms with van der Waals surface area (Å²) in [5, 5.41) is 9.73. The number of hydrogen-bond donors (Lipinski definition) is 3. The van der Waals surface area contributed by atoms with Gasteiger partial charge in [-0.05, 0) is 24.5 Å². The molecule has 3 N–H and O–H groups in total. The maximum atomic E-state index is 14.1. The highest BCUT2D eigenvalue weighted by Gasteiger charge is 2.39. The number of aliphatic imine (C=N–C) groups is 1. The first-order valence-corrected chi connectivity index (χ1v) is 14.3. The van der Waals surface area contributed by atoms with Crippen molar-refractivity contribution < 1.29 is 24.3 Å². The molecule has 1 aliphatic rings. The third-order valence-corrected chi connectivity index (χ3v) is 7.54. The van der Waals surface area contributed by atoms with E-state index in [1.54, 1.807) is 24.3 Å². The first-order chi connectivity index (χ1) is 18.6. The van der Waals surface area contributed by atoms with E-state index in [2.05, 4.69) is 12.6 Å². The molecule has 2 aromatic rings. The number of thiol groups is 1. The van der Waals surface area contributed by atoms with Crippen LogP contribution in [0.3, 0.4) is 0 Å². The van der Waals surface area contributed by atoms with E-state index in [0.717, 1.165) is 15.4 Å². The van der Waals surface area contributed by atoms with E-state index in [1.807, 2.05) is 36.6 Å². The second-order valence-electron chi connectivity index (χ2n) is 9.04. The summed E-state index contributed by atoms with van der Waals surface area (Å²) in [7, 11) is 2.85. The van der Waals surface area contributed by atoms with Crippen molar-refractivity contribution in [1.29, 1.82) is 0 Å². The van der Waals surface area contributed by atoms with Gasteiger partial charge in [-0.25, -0.2) is 9.79 Å². The van der Waals surface area contributed by atoms with Crippen LogP contribution in [0.1, 0.15) is 17.5 Å². The van der Waals surface area contributed by atoms with Gasteiger partial charge in [0.2, 0.25) is 18.0 Å². The number of amides is 3. The highest BCUT2D eigenvalue weighted by Crippen LogP contribution is 2.29. The molecule has 2 unspecified atom stereocenters. The first kappa shape index (κ1) is 30.2. The molecule has 0 saturated carbocycles. The Hall–Kier alpha value is -3.35. The Morgan fingerprint density at radius 2 is 1.77 bits per heavy atom. The molecular formula is C27H33N5O5S2. The number of hydrogen-bond acceptors (Lipinski definition) is 8. The fourth-order valence-electron chi connectivity index (χ4n) is 4.25. The molecule has 0 aliphatic carbocycles. The van der Waals surface area contributed by atoms with Crippen LogP contribution in [0.2, 0.25) is 0 Å². The summed E-state index contributed by atoms with van der Waals surface area (Å²) in [6, 6.07) is 14.2. The van der Waals surface area contributed by atoms with Crippen molar-refractivity contribution >= 4 is 59.5 Å². The van der Waals surface area contributed by atoms with Crippen molar-refractivity contribution in [2.75, 3.05) is 43.3 Å². The number of likely N-dealkylation sites (N-methyl/N-ethyl adjacent to an activating group) is 2. The van der Waals surface area contributed by atoms with Crippen LogP contribution in [0.5, 0.6) is 0 Å². The van der Waals surface area contributed by atoms with E-state index in [0.29, 0.717) is 22.7 Å². The molecule has 3 rings (SSSR count). The van der Waals surface area contributed by atoms with Crippen LogP contribution in [-0.4, -0.2) is 101 Å². The number of carboxylic acid groups (broad SMARTS) is 1. The Kier molecular flexibility index (Phi) is 10.6. The van der Waals surface area contributed by atoms with Gasteiger partial charge >= 0.3 is 5.97 Å². The normalized spacial score (nSPS) is 16.4. The van der Waals surface area contributed by atoms with E-state index in [-0.39, 0.29) is 12.2 Å². The van der Waals surface area contributed by atoms with Crippen molar-refractivity contribution in [2.24, 2.45) is 10.7 Å². The van der Waals surface area contributed by atoms with Gasteiger partial charge in [-0.1, -0.05) is 48.5 Å². The van der Waals surface area contributed by atoms with Gasteiger partial charge in [0.05, 0.1) is 17.4 Å². The SMILES string of the molecule is CSCC[C@@H](C(=O)O)N(C)C(=O)CN1C(=O)C(N(C)C(=O)C(N)CS)N=C(c2ccccc2)c2ccccc21. The third-order valence-electron chi connectivity index (χ3n) is 6.50. The minimum atomic E-state index is -1.32. The summed E-state index contributed by atoms with van der Waals surface area (Å²) in [6.07, 6.45) is 0.789. The van der Waals surface area contributed by atoms with Crippen LogP contribution in [0.4, 0.5) is 5.69 Å². The predicted octanol–water partition coefficient (Wildman–Crippen LogP) is 1.58. The number of anilines is 1. The predicted molar refractivity (Wildman–Crippen MR) is 156 cm³/mol. The number of para-hydroxylation sites is 1. The molecule has 3 atom stereocenters. The summed E-state index contributed by atoms with van der Waals surface area (Å²) in [4.78, 5) is 60.7. The Labute approximate surface area is 237 Å². The molecule has 10 nitrogen and oxygen atoms in total. The molecule has 1 heterocycles. The molecule has 208 valence electrons. The largest absolute Gasteiger partial charge is 0.480 e. The fraction of sp³-hybridized carbons (Fsp3) is 0.370. The number of carboxylic acids is 1. The Morgan fingerprint density at radius 1 is 1.13 bits per heavy atom. The molecule has 12 heteroatoms. The summed E-state index contributed by atoms with van der Waals surface area (Å²) in [6.45, 7) is -0.440. The monoisotopic (exact) mass is 571 g/mol. The van der Waals surface area contributed by atoms with E-state index in [9.17, 15) is 24.3 Å². The van der Waals surface area contributed by atoms with E-state index < -0.39 is 48.5 Å². The molecule has 0 saturated heterocycles. The van der Waals surface area contributed by atoms with Crippen LogP contribution < -0.4 is 10.6 Å². The van der Waals surface area contributed by atoms with E-state index in [4.69, 9.17) is 10.7 Å². The number of nitrogens with zero attached hydrogens (tertiary/aromatic N) is 4. The minimum absolute atomic E-state index is 0.0686. The number of nitrogens with two attached hydrogens (primary N) is 1. The van der Waals surface area contributed by atoms with Crippen molar-refractivity contribution in [3.8, 4) is 0 Å². The van der Waals surface area contributed by atoms with Crippen LogP contribution in [0.25, 0.3) is 0 Å². The lowest BCUT2D eigenvalue weighted by atomic mass is 10.0. The second-order valence-corrected chi connectivity index (χ2v) is 10.4. The lowest BCUT2D eigenvalue weighted by Gasteiger charge is -2.32. The summed E-state index contributed by atoms with van der Waals surface area (Å²) in [5.74, 6) is -2.21. The standard InChI is InChI=1S/C27H33N5O5S2/c1-30(21(27(36)37)13-14-39-3)22(33)15-32-20-12-8-7-11-18(20)23(17-9-5-4-6-10-17)29-24(26(32)35)31(2)25(34)19(28)16-38/h4-12,19,21,24,38H,13-16,28H2,1-3H3,(H,36,37)/t19?,21-,24?/m0/s1. The van der Waals surface area contributed by atoms with Gasteiger partial charge in [-0.15, -0.1) is 0 Å². The molecule has 39 heavy (non-hydrogen) atoms. The van der Waals surface area contributed by atoms with Gasteiger partial charge in [0.1, 0.15) is 12.6 Å². The van der Waals surface area contributed by atoms with Gasteiger partial charge in [0, 0.05) is 31.0 Å². The first-order valence-electron chi connectivity index (χ1n) is 12.3. The number of aliphatic carboxylic acids is 1. The Morgan fingerprint density at radius 3 is 2.38 bits per heavy atom. The average molecular weight is 572 g/mol. The highest BCUT2D eigenvalue weighted by atomic mass is 32.2. The number of rotatable bonds is 11. The number of fused-ring (bicyclic) bond motifs is 1.